The van der Waals surface area contributed by atoms with Crippen molar-refractivity contribution in [3.8, 4) is 0 Å². The number of benzene rings is 1. The third-order valence-corrected chi connectivity index (χ3v) is 4.01. The zero-order chi connectivity index (χ0) is 13.1. The van der Waals surface area contributed by atoms with E-state index in [2.05, 4.69) is 5.16 Å². The topological polar surface area (TPSA) is 71.8 Å². The van der Waals surface area contributed by atoms with Crippen LogP contribution in [0.25, 0.3) is 0 Å². The molecule has 2 aromatic rings. The predicted molar refractivity (Wildman–Crippen MR) is 71.3 cm³/mol. The minimum atomic E-state index is 0.113. The Hall–Kier alpha value is -1.88. The van der Waals surface area contributed by atoms with Gasteiger partial charge in [-0.15, -0.1) is 0 Å². The molecule has 0 atom stereocenters. The number of aryl methyl sites for hydroxylation is 2. The second-order valence-corrected chi connectivity index (χ2v) is 4.93. The summed E-state index contributed by atoms with van der Waals surface area (Å²) < 4.78 is 5.27. The number of amidine groups is 1. The van der Waals surface area contributed by atoms with Crippen molar-refractivity contribution in [3.05, 3.63) is 47.4 Å². The fourth-order valence-electron chi connectivity index (χ4n) is 1.63. The van der Waals surface area contributed by atoms with Crippen LogP contribution in [0.1, 0.15) is 16.9 Å². The van der Waals surface area contributed by atoms with Crippen molar-refractivity contribution in [1.82, 2.24) is 0 Å². The Bertz CT molecular complexity index is 590. The smallest absolute Gasteiger partial charge is 0.171 e. The molecule has 0 amide bonds. The summed E-state index contributed by atoms with van der Waals surface area (Å²) in [7, 11) is 0. The van der Waals surface area contributed by atoms with Crippen molar-refractivity contribution in [2.24, 2.45) is 10.9 Å². The van der Waals surface area contributed by atoms with Gasteiger partial charge in [-0.1, -0.05) is 29.1 Å². The van der Waals surface area contributed by atoms with E-state index in [1.54, 1.807) is 18.0 Å². The molecule has 0 saturated carbocycles. The van der Waals surface area contributed by atoms with Gasteiger partial charge in [-0.25, -0.2) is 0 Å². The number of oxime groups is 1. The van der Waals surface area contributed by atoms with Crippen molar-refractivity contribution < 1.29 is 9.62 Å². The second kappa shape index (κ2) is 5.18. The van der Waals surface area contributed by atoms with Crippen molar-refractivity contribution in [3.63, 3.8) is 0 Å². The Morgan fingerprint density at radius 1 is 1.33 bits per heavy atom. The first-order chi connectivity index (χ1) is 8.63. The van der Waals surface area contributed by atoms with Gasteiger partial charge in [0, 0.05) is 10.5 Å². The fraction of sp³-hybridized carbons (Fsp3) is 0.154. The van der Waals surface area contributed by atoms with E-state index in [1.807, 2.05) is 38.1 Å². The van der Waals surface area contributed by atoms with E-state index in [1.165, 1.54) is 0 Å². The molecule has 2 rings (SSSR count). The Morgan fingerprint density at radius 3 is 2.72 bits per heavy atom. The zero-order valence-electron chi connectivity index (χ0n) is 10.2. The average Bonchev–Trinajstić information content (AvgIpc) is 2.76. The molecule has 1 aromatic carbocycles. The Balaban J connectivity index is 2.47. The molecule has 1 heterocycles. The van der Waals surface area contributed by atoms with E-state index < -0.39 is 0 Å². The minimum absolute atomic E-state index is 0.113. The highest BCUT2D eigenvalue weighted by atomic mass is 32.2. The van der Waals surface area contributed by atoms with Crippen LogP contribution >= 0.6 is 11.8 Å². The molecule has 1 aromatic heterocycles. The van der Waals surface area contributed by atoms with Gasteiger partial charge in [0.05, 0.1) is 11.2 Å². The maximum absolute atomic E-state index is 8.82. The van der Waals surface area contributed by atoms with Crippen molar-refractivity contribution in [1.29, 1.82) is 0 Å². The highest BCUT2D eigenvalue weighted by molar-refractivity contribution is 7.99. The maximum atomic E-state index is 8.82. The van der Waals surface area contributed by atoms with Gasteiger partial charge in [-0.2, -0.15) is 0 Å². The SMILES string of the molecule is Cc1cccc(/C(N)=N/O)c1Sc1ccoc1C. The lowest BCUT2D eigenvalue weighted by molar-refractivity contribution is 0.318. The normalized spacial score (nSPS) is 11.8. The summed E-state index contributed by atoms with van der Waals surface area (Å²) in [5, 5.41) is 11.9. The largest absolute Gasteiger partial charge is 0.468 e. The van der Waals surface area contributed by atoms with Crippen LogP contribution in [0.3, 0.4) is 0 Å². The number of hydrogen-bond acceptors (Lipinski definition) is 4. The molecule has 18 heavy (non-hydrogen) atoms. The van der Waals surface area contributed by atoms with E-state index in [0.717, 1.165) is 26.7 Å². The van der Waals surface area contributed by atoms with Gasteiger partial charge < -0.3 is 15.4 Å². The first-order valence-electron chi connectivity index (χ1n) is 5.43. The third kappa shape index (κ3) is 2.36. The Kier molecular flexibility index (Phi) is 3.62. The quantitative estimate of drug-likeness (QED) is 0.386. The molecule has 0 aliphatic heterocycles. The van der Waals surface area contributed by atoms with E-state index in [9.17, 15) is 0 Å². The van der Waals surface area contributed by atoms with Gasteiger partial charge in [0.25, 0.3) is 0 Å². The number of rotatable bonds is 3. The molecule has 0 unspecified atom stereocenters. The molecule has 0 aliphatic rings. The standard InChI is InChI=1S/C13H14N2O2S/c1-8-4-3-5-10(13(14)15-16)12(8)18-11-6-7-17-9(11)2/h3-7,16H,1-2H3,(H2,14,15). The van der Waals surface area contributed by atoms with Gasteiger partial charge in [0.15, 0.2) is 5.84 Å². The molecular weight excluding hydrogens is 248 g/mol. The Morgan fingerprint density at radius 2 is 2.11 bits per heavy atom. The van der Waals surface area contributed by atoms with Gasteiger partial charge in [-0.3, -0.25) is 0 Å². The number of nitrogens with zero attached hydrogens (tertiary/aromatic N) is 1. The van der Waals surface area contributed by atoms with E-state index in [-0.39, 0.29) is 5.84 Å². The van der Waals surface area contributed by atoms with Crippen LogP contribution in [0, 0.1) is 13.8 Å². The van der Waals surface area contributed by atoms with Crippen LogP contribution in [0.5, 0.6) is 0 Å². The van der Waals surface area contributed by atoms with Gasteiger partial charge >= 0.3 is 0 Å². The summed E-state index contributed by atoms with van der Waals surface area (Å²) in [4.78, 5) is 1.99. The van der Waals surface area contributed by atoms with Gasteiger partial charge in [0.1, 0.15) is 5.76 Å². The number of nitrogens with two attached hydrogens (primary N) is 1. The van der Waals surface area contributed by atoms with Crippen LogP contribution in [0.2, 0.25) is 0 Å². The lowest BCUT2D eigenvalue weighted by Gasteiger charge is -2.10. The summed E-state index contributed by atoms with van der Waals surface area (Å²) in [6.45, 7) is 3.90. The molecule has 3 N–H and O–H groups in total. The maximum Gasteiger partial charge on any atom is 0.171 e. The zero-order valence-corrected chi connectivity index (χ0v) is 11.0. The van der Waals surface area contributed by atoms with Gasteiger partial charge in [0.2, 0.25) is 0 Å². The van der Waals surface area contributed by atoms with Crippen LogP contribution in [-0.2, 0) is 0 Å². The lowest BCUT2D eigenvalue weighted by atomic mass is 10.1. The van der Waals surface area contributed by atoms with Crippen LogP contribution < -0.4 is 5.73 Å². The van der Waals surface area contributed by atoms with E-state index in [4.69, 9.17) is 15.4 Å². The van der Waals surface area contributed by atoms with Crippen molar-refractivity contribution >= 4 is 17.6 Å². The highest BCUT2D eigenvalue weighted by Crippen LogP contribution is 2.35. The molecule has 0 radical (unpaired) electrons. The summed E-state index contributed by atoms with van der Waals surface area (Å²) in [5.74, 6) is 0.969. The molecule has 4 nitrogen and oxygen atoms in total. The molecule has 0 spiro atoms. The summed E-state index contributed by atoms with van der Waals surface area (Å²) >= 11 is 1.55. The third-order valence-electron chi connectivity index (χ3n) is 2.62. The monoisotopic (exact) mass is 262 g/mol. The van der Waals surface area contributed by atoms with Crippen molar-refractivity contribution in [2.45, 2.75) is 23.6 Å². The molecule has 0 aliphatic carbocycles. The van der Waals surface area contributed by atoms with Gasteiger partial charge in [-0.05, 0) is 31.5 Å². The average molecular weight is 262 g/mol. The number of hydrogen-bond donors (Lipinski definition) is 2. The Labute approximate surface area is 109 Å². The predicted octanol–water partition coefficient (Wildman–Crippen LogP) is 3.14. The molecule has 0 fully saturated rings. The second-order valence-electron chi connectivity index (χ2n) is 3.88. The van der Waals surface area contributed by atoms with Crippen LogP contribution in [0.15, 0.2) is 49.9 Å². The van der Waals surface area contributed by atoms with Crippen LogP contribution in [-0.4, -0.2) is 11.0 Å². The molecule has 5 heteroatoms. The van der Waals surface area contributed by atoms with E-state index in [0.29, 0.717) is 0 Å². The molecule has 94 valence electrons. The minimum Gasteiger partial charge on any atom is -0.468 e. The lowest BCUT2D eigenvalue weighted by Crippen LogP contribution is -2.14. The highest BCUT2D eigenvalue weighted by Gasteiger charge is 2.13. The molecule has 0 saturated heterocycles. The summed E-state index contributed by atoms with van der Waals surface area (Å²) in [6.07, 6.45) is 1.65. The molecular formula is C13H14N2O2S. The van der Waals surface area contributed by atoms with E-state index >= 15 is 0 Å². The summed E-state index contributed by atoms with van der Waals surface area (Å²) in [5.41, 5.74) is 7.49. The summed E-state index contributed by atoms with van der Waals surface area (Å²) in [6, 6.07) is 7.61. The first-order valence-corrected chi connectivity index (χ1v) is 6.24. The fourth-order valence-corrected chi connectivity index (χ4v) is 2.68. The van der Waals surface area contributed by atoms with Crippen molar-refractivity contribution in [2.75, 3.05) is 0 Å². The first kappa shape index (κ1) is 12.6. The van der Waals surface area contributed by atoms with Crippen LogP contribution in [0.4, 0.5) is 0 Å². The molecule has 0 bridgehead atoms. The number of furan rings is 1.